The van der Waals surface area contributed by atoms with Crippen molar-refractivity contribution in [3.63, 3.8) is 0 Å². The molecule has 0 unspecified atom stereocenters. The summed E-state index contributed by atoms with van der Waals surface area (Å²) < 4.78 is 10.4. The van der Waals surface area contributed by atoms with Crippen LogP contribution in [0.1, 0.15) is 40.0 Å². The average Bonchev–Trinajstić information content (AvgIpc) is 3.41. The highest BCUT2D eigenvalue weighted by Gasteiger charge is 2.20. The normalized spacial score (nSPS) is 10.6. The fourth-order valence-corrected chi connectivity index (χ4v) is 3.11. The molecule has 0 bridgehead atoms. The van der Waals surface area contributed by atoms with Gasteiger partial charge in [0.15, 0.2) is 11.5 Å². The number of carbonyl (C=O) groups excluding carboxylic acids is 2. The topological polar surface area (TPSA) is 78.9 Å². The molecule has 0 aliphatic carbocycles. The van der Waals surface area contributed by atoms with Gasteiger partial charge in [0.25, 0.3) is 11.8 Å². The molecule has 2 aromatic heterocycles. The molecule has 7 nitrogen and oxygen atoms in total. The second kappa shape index (κ2) is 9.14. The van der Waals surface area contributed by atoms with Gasteiger partial charge in [-0.2, -0.15) is 0 Å². The zero-order valence-electron chi connectivity index (χ0n) is 16.8. The lowest BCUT2D eigenvalue weighted by molar-refractivity contribution is 0.0711. The molecule has 0 saturated heterocycles. The van der Waals surface area contributed by atoms with E-state index in [1.54, 1.807) is 29.2 Å². The number of hydrogen-bond donors (Lipinski definition) is 1. The lowest BCUT2D eigenvalue weighted by atomic mass is 10.1. The Balaban J connectivity index is 1.86. The van der Waals surface area contributed by atoms with E-state index in [9.17, 15) is 9.59 Å². The Bertz CT molecular complexity index is 947. The Kier molecular flexibility index (Phi) is 6.39. The third-order valence-corrected chi connectivity index (χ3v) is 4.44. The molecule has 29 heavy (non-hydrogen) atoms. The van der Waals surface area contributed by atoms with E-state index in [1.165, 1.54) is 12.5 Å². The van der Waals surface area contributed by atoms with E-state index < -0.39 is 0 Å². The van der Waals surface area contributed by atoms with Gasteiger partial charge in [0.1, 0.15) is 0 Å². The summed E-state index contributed by atoms with van der Waals surface area (Å²) in [6.07, 6.45) is 3.77. The summed E-state index contributed by atoms with van der Waals surface area (Å²) in [5, 5.41) is 2.84. The van der Waals surface area contributed by atoms with Gasteiger partial charge >= 0.3 is 0 Å². The Morgan fingerprint density at radius 3 is 2.28 bits per heavy atom. The van der Waals surface area contributed by atoms with Crippen LogP contribution in [0.5, 0.6) is 0 Å². The first-order valence-corrected chi connectivity index (χ1v) is 9.47. The van der Waals surface area contributed by atoms with Gasteiger partial charge in [-0.15, -0.1) is 0 Å². The highest BCUT2D eigenvalue weighted by Crippen LogP contribution is 2.26. The molecule has 3 aromatic rings. The number of benzene rings is 1. The Hall–Kier alpha value is -3.48. The molecular formula is C22H25N3O4. The zero-order chi connectivity index (χ0) is 20.8. The van der Waals surface area contributed by atoms with E-state index in [-0.39, 0.29) is 17.6 Å². The molecule has 152 valence electrons. The molecule has 2 heterocycles. The maximum Gasteiger partial charge on any atom is 0.291 e. The van der Waals surface area contributed by atoms with Crippen molar-refractivity contribution in [1.82, 2.24) is 4.90 Å². The van der Waals surface area contributed by atoms with Crippen LogP contribution < -0.4 is 10.2 Å². The number of amides is 2. The maximum absolute atomic E-state index is 12.8. The van der Waals surface area contributed by atoms with E-state index in [2.05, 4.69) is 5.32 Å². The predicted octanol–water partition coefficient (Wildman–Crippen LogP) is 4.24. The van der Waals surface area contributed by atoms with Crippen molar-refractivity contribution in [1.29, 1.82) is 0 Å². The van der Waals surface area contributed by atoms with Crippen molar-refractivity contribution in [2.45, 2.75) is 19.9 Å². The molecule has 7 heteroatoms. The summed E-state index contributed by atoms with van der Waals surface area (Å²) in [4.78, 5) is 28.9. The molecule has 3 rings (SSSR count). The van der Waals surface area contributed by atoms with Crippen LogP contribution in [0.25, 0.3) is 0 Å². The molecule has 2 amide bonds. The van der Waals surface area contributed by atoms with E-state index >= 15 is 0 Å². The van der Waals surface area contributed by atoms with Crippen molar-refractivity contribution in [2.24, 2.45) is 0 Å². The van der Waals surface area contributed by atoms with Gasteiger partial charge in [-0.25, -0.2) is 0 Å². The number of nitrogens with zero attached hydrogens (tertiary/aromatic N) is 2. The summed E-state index contributed by atoms with van der Waals surface area (Å²) in [7, 11) is 3.89. The number of carbonyl (C=O) groups is 2. The molecule has 0 aliphatic rings. The lowest BCUT2D eigenvalue weighted by Crippen LogP contribution is -2.31. The summed E-state index contributed by atoms with van der Waals surface area (Å²) in [5.41, 5.74) is 2.52. The number of anilines is 2. The van der Waals surface area contributed by atoms with Crippen molar-refractivity contribution in [3.8, 4) is 0 Å². The van der Waals surface area contributed by atoms with Crippen LogP contribution in [0.3, 0.4) is 0 Å². The number of hydrogen-bond acceptors (Lipinski definition) is 5. The number of furan rings is 2. The molecule has 1 aromatic carbocycles. The summed E-state index contributed by atoms with van der Waals surface area (Å²) in [6, 6.07) is 12.3. The quantitative estimate of drug-likeness (QED) is 0.617. The minimum atomic E-state index is -0.323. The van der Waals surface area contributed by atoms with Crippen LogP contribution in [-0.4, -0.2) is 37.4 Å². The van der Waals surface area contributed by atoms with Crippen molar-refractivity contribution in [2.75, 3.05) is 30.9 Å². The van der Waals surface area contributed by atoms with Crippen LogP contribution in [-0.2, 0) is 6.54 Å². The average molecular weight is 395 g/mol. The molecule has 0 atom stereocenters. The lowest BCUT2D eigenvalue weighted by Gasteiger charge is -2.25. The first-order chi connectivity index (χ1) is 14.0. The largest absolute Gasteiger partial charge is 0.459 e. The smallest absolute Gasteiger partial charge is 0.291 e. The van der Waals surface area contributed by atoms with Crippen molar-refractivity contribution >= 4 is 23.2 Å². The standard InChI is InChI=1S/C22H25N3O4/c1-4-11-25(22(27)20-8-6-13-29-20)15-16-14-17(9-10-18(16)24(2)3)23-21(26)19-7-5-12-28-19/h5-10,12-14H,4,11,15H2,1-3H3,(H,23,26). The third kappa shape index (κ3) is 4.87. The summed E-state index contributed by atoms with van der Waals surface area (Å²) in [5.74, 6) is 0.0678. The first kappa shape index (κ1) is 20.3. The fraction of sp³-hybridized carbons (Fsp3) is 0.273. The van der Waals surface area contributed by atoms with Crippen LogP contribution in [0, 0.1) is 0 Å². The number of nitrogens with one attached hydrogen (secondary N) is 1. The van der Waals surface area contributed by atoms with E-state index in [0.717, 1.165) is 17.7 Å². The monoisotopic (exact) mass is 395 g/mol. The highest BCUT2D eigenvalue weighted by atomic mass is 16.3. The van der Waals surface area contributed by atoms with Crippen molar-refractivity contribution < 1.29 is 18.4 Å². The summed E-state index contributed by atoms with van der Waals surface area (Å²) >= 11 is 0. The zero-order valence-corrected chi connectivity index (χ0v) is 16.8. The van der Waals surface area contributed by atoms with Gasteiger partial charge in [-0.1, -0.05) is 6.92 Å². The molecule has 0 spiro atoms. The first-order valence-electron chi connectivity index (χ1n) is 9.47. The Morgan fingerprint density at radius 1 is 1.00 bits per heavy atom. The van der Waals surface area contributed by atoms with E-state index in [0.29, 0.717) is 24.5 Å². The number of rotatable bonds is 8. The van der Waals surface area contributed by atoms with Gasteiger partial charge in [0.2, 0.25) is 0 Å². The second-order valence-electron chi connectivity index (χ2n) is 6.87. The van der Waals surface area contributed by atoms with Crippen LogP contribution in [0.15, 0.2) is 63.8 Å². The van der Waals surface area contributed by atoms with Gasteiger partial charge in [0, 0.05) is 38.6 Å². The summed E-state index contributed by atoms with van der Waals surface area (Å²) in [6.45, 7) is 3.01. The molecular weight excluding hydrogens is 370 g/mol. The Morgan fingerprint density at radius 2 is 1.69 bits per heavy atom. The molecule has 0 radical (unpaired) electrons. The predicted molar refractivity (Wildman–Crippen MR) is 111 cm³/mol. The van der Waals surface area contributed by atoms with E-state index in [1.807, 2.05) is 44.1 Å². The minimum absolute atomic E-state index is 0.161. The van der Waals surface area contributed by atoms with Crippen LogP contribution in [0.2, 0.25) is 0 Å². The highest BCUT2D eigenvalue weighted by molar-refractivity contribution is 6.02. The second-order valence-corrected chi connectivity index (χ2v) is 6.87. The Labute approximate surface area is 169 Å². The van der Waals surface area contributed by atoms with Gasteiger partial charge in [-0.3, -0.25) is 9.59 Å². The maximum atomic E-state index is 12.8. The van der Waals surface area contributed by atoms with Gasteiger partial charge in [0.05, 0.1) is 12.5 Å². The SMILES string of the molecule is CCCN(Cc1cc(NC(=O)c2ccco2)ccc1N(C)C)C(=O)c1ccco1. The van der Waals surface area contributed by atoms with Crippen LogP contribution >= 0.6 is 0 Å². The van der Waals surface area contributed by atoms with Gasteiger partial charge < -0.3 is 24.0 Å². The molecule has 1 N–H and O–H groups in total. The van der Waals surface area contributed by atoms with Crippen LogP contribution in [0.4, 0.5) is 11.4 Å². The van der Waals surface area contributed by atoms with Gasteiger partial charge in [-0.05, 0) is 54.4 Å². The molecule has 0 saturated carbocycles. The molecule has 0 fully saturated rings. The third-order valence-electron chi connectivity index (χ3n) is 4.44. The van der Waals surface area contributed by atoms with Crippen molar-refractivity contribution in [3.05, 3.63) is 72.1 Å². The minimum Gasteiger partial charge on any atom is -0.459 e. The molecule has 0 aliphatic heterocycles. The van der Waals surface area contributed by atoms with E-state index in [4.69, 9.17) is 8.83 Å². The fourth-order valence-electron chi connectivity index (χ4n) is 3.11.